The number of amides is 1. The zero-order valence-corrected chi connectivity index (χ0v) is 17.8. The van der Waals surface area contributed by atoms with Crippen LogP contribution in [0.15, 0.2) is 28.6 Å². The van der Waals surface area contributed by atoms with Crippen molar-refractivity contribution in [1.82, 2.24) is 15.5 Å². The Bertz CT molecular complexity index is 828. The molecule has 0 radical (unpaired) electrons. The van der Waals surface area contributed by atoms with E-state index >= 15 is 0 Å². The Kier molecular flexibility index (Phi) is 6.06. The number of anilines is 2. The van der Waals surface area contributed by atoms with E-state index in [4.69, 9.17) is 4.74 Å². The molecule has 1 amide bonds. The van der Waals surface area contributed by atoms with Crippen molar-refractivity contribution in [2.45, 2.75) is 43.0 Å². The van der Waals surface area contributed by atoms with Crippen molar-refractivity contribution >= 4 is 39.8 Å². The van der Waals surface area contributed by atoms with Crippen LogP contribution in [-0.4, -0.2) is 35.0 Å². The highest BCUT2D eigenvalue weighted by Gasteiger charge is 2.42. The highest BCUT2D eigenvalue weighted by Crippen LogP contribution is 2.49. The fourth-order valence-corrected chi connectivity index (χ4v) is 6.16. The first-order chi connectivity index (χ1) is 13.6. The largest absolute Gasteiger partial charge is 0.497 e. The molecule has 4 atom stereocenters. The third kappa shape index (κ3) is 4.60. The fourth-order valence-electron chi connectivity index (χ4n) is 4.58. The molecule has 0 spiro atoms. The zero-order chi connectivity index (χ0) is 19.5. The van der Waals surface area contributed by atoms with E-state index in [1.807, 2.05) is 24.3 Å². The summed E-state index contributed by atoms with van der Waals surface area (Å²) in [4.78, 5) is 12.4. The van der Waals surface area contributed by atoms with Gasteiger partial charge in [-0.15, -0.1) is 10.2 Å². The van der Waals surface area contributed by atoms with Crippen LogP contribution < -0.4 is 15.4 Å². The van der Waals surface area contributed by atoms with Gasteiger partial charge >= 0.3 is 0 Å². The van der Waals surface area contributed by atoms with Gasteiger partial charge in [0.25, 0.3) is 0 Å². The first-order valence-corrected chi connectivity index (χ1v) is 11.6. The lowest BCUT2D eigenvalue weighted by Crippen LogP contribution is -2.40. The number of thioether (sulfide) groups is 1. The molecule has 150 valence electrons. The summed E-state index contributed by atoms with van der Waals surface area (Å²) in [5.41, 5.74) is 0.893. The number of aromatic nitrogens is 2. The Morgan fingerprint density at radius 3 is 3.00 bits per heavy atom. The summed E-state index contributed by atoms with van der Waals surface area (Å²) in [6.45, 7) is 2.16. The van der Waals surface area contributed by atoms with Crippen LogP contribution in [0.3, 0.4) is 0 Å². The summed E-state index contributed by atoms with van der Waals surface area (Å²) in [5.74, 6) is 3.62. The van der Waals surface area contributed by atoms with Gasteiger partial charge < -0.3 is 15.4 Å². The van der Waals surface area contributed by atoms with E-state index in [1.54, 1.807) is 7.11 Å². The number of nitrogens with one attached hydrogen (secondary N) is 2. The molecule has 1 aromatic heterocycles. The number of nitrogens with zero attached hydrogens (tertiary/aromatic N) is 2. The van der Waals surface area contributed by atoms with Gasteiger partial charge in [0.05, 0.1) is 12.9 Å². The summed E-state index contributed by atoms with van der Waals surface area (Å²) < 4.78 is 6.01. The lowest BCUT2D eigenvalue weighted by Gasteiger charge is -2.28. The van der Waals surface area contributed by atoms with E-state index in [1.165, 1.54) is 48.8 Å². The van der Waals surface area contributed by atoms with E-state index in [2.05, 4.69) is 27.8 Å². The molecule has 4 rings (SSSR count). The van der Waals surface area contributed by atoms with Crippen molar-refractivity contribution in [3.8, 4) is 5.75 Å². The highest BCUT2D eigenvalue weighted by atomic mass is 32.2. The van der Waals surface area contributed by atoms with Crippen LogP contribution in [-0.2, 0) is 4.79 Å². The Morgan fingerprint density at radius 1 is 1.36 bits per heavy atom. The molecule has 0 unspecified atom stereocenters. The van der Waals surface area contributed by atoms with Crippen molar-refractivity contribution in [2.24, 2.45) is 17.8 Å². The summed E-state index contributed by atoms with van der Waals surface area (Å²) in [5, 5.41) is 15.5. The van der Waals surface area contributed by atoms with Gasteiger partial charge in [-0.05, 0) is 56.1 Å². The summed E-state index contributed by atoms with van der Waals surface area (Å²) >= 11 is 2.88. The van der Waals surface area contributed by atoms with Crippen molar-refractivity contribution in [1.29, 1.82) is 0 Å². The molecule has 0 saturated heterocycles. The SMILES string of the molecule is COc1cccc(Nc2nnc(SCC(=O)N[C@H](C)[C@H]3C[C@H]4CC[C@H]3C4)s2)c1. The number of hydrogen-bond donors (Lipinski definition) is 2. The van der Waals surface area contributed by atoms with Gasteiger partial charge in [-0.1, -0.05) is 35.6 Å². The maximum atomic E-state index is 12.4. The van der Waals surface area contributed by atoms with E-state index in [0.717, 1.165) is 27.6 Å². The van der Waals surface area contributed by atoms with Gasteiger partial charge in [0.1, 0.15) is 5.75 Å². The topological polar surface area (TPSA) is 76.1 Å². The summed E-state index contributed by atoms with van der Waals surface area (Å²) in [7, 11) is 1.64. The maximum absolute atomic E-state index is 12.4. The molecule has 8 heteroatoms. The molecule has 0 aliphatic heterocycles. The third-order valence-corrected chi connectivity index (χ3v) is 7.85. The maximum Gasteiger partial charge on any atom is 0.230 e. The van der Waals surface area contributed by atoms with Crippen LogP contribution in [0.25, 0.3) is 0 Å². The molecule has 2 bridgehead atoms. The predicted molar refractivity (Wildman–Crippen MR) is 113 cm³/mol. The van der Waals surface area contributed by atoms with Crippen LogP contribution >= 0.6 is 23.1 Å². The van der Waals surface area contributed by atoms with Crippen molar-refractivity contribution in [3.63, 3.8) is 0 Å². The Balaban J connectivity index is 1.24. The zero-order valence-electron chi connectivity index (χ0n) is 16.2. The smallest absolute Gasteiger partial charge is 0.230 e. The van der Waals surface area contributed by atoms with Crippen LogP contribution in [0.4, 0.5) is 10.8 Å². The minimum atomic E-state index is 0.0813. The Labute approximate surface area is 173 Å². The number of carbonyl (C=O) groups is 1. The van der Waals surface area contributed by atoms with E-state index < -0.39 is 0 Å². The number of benzene rings is 1. The molecule has 2 aliphatic carbocycles. The lowest BCUT2D eigenvalue weighted by atomic mass is 9.84. The average Bonchev–Trinajstić information content (AvgIpc) is 3.44. The van der Waals surface area contributed by atoms with Crippen LogP contribution in [0.1, 0.15) is 32.6 Å². The molecule has 2 saturated carbocycles. The second-order valence-electron chi connectivity index (χ2n) is 7.71. The van der Waals surface area contributed by atoms with Gasteiger partial charge in [-0.2, -0.15) is 0 Å². The van der Waals surface area contributed by atoms with Gasteiger partial charge in [0, 0.05) is 17.8 Å². The van der Waals surface area contributed by atoms with Crippen LogP contribution in [0, 0.1) is 17.8 Å². The van der Waals surface area contributed by atoms with Crippen molar-refractivity contribution in [3.05, 3.63) is 24.3 Å². The van der Waals surface area contributed by atoms with Gasteiger partial charge in [0.2, 0.25) is 11.0 Å². The van der Waals surface area contributed by atoms with Crippen LogP contribution in [0.2, 0.25) is 0 Å². The Morgan fingerprint density at radius 2 is 2.25 bits per heavy atom. The lowest BCUT2D eigenvalue weighted by molar-refractivity contribution is -0.119. The monoisotopic (exact) mass is 418 g/mol. The first kappa shape index (κ1) is 19.5. The molecule has 2 fully saturated rings. The van der Waals surface area contributed by atoms with Gasteiger partial charge in [-0.25, -0.2) is 0 Å². The number of carbonyl (C=O) groups excluding carboxylic acids is 1. The minimum Gasteiger partial charge on any atom is -0.497 e. The second-order valence-corrected chi connectivity index (χ2v) is 9.91. The third-order valence-electron chi connectivity index (χ3n) is 5.88. The summed E-state index contributed by atoms with van der Waals surface area (Å²) in [6.07, 6.45) is 5.39. The number of hydrogen-bond acceptors (Lipinski definition) is 7. The molecule has 28 heavy (non-hydrogen) atoms. The highest BCUT2D eigenvalue weighted by molar-refractivity contribution is 8.01. The quantitative estimate of drug-likeness (QED) is 0.622. The molecule has 2 N–H and O–H groups in total. The van der Waals surface area contributed by atoms with E-state index in [-0.39, 0.29) is 11.9 Å². The van der Waals surface area contributed by atoms with Gasteiger partial charge in [0.15, 0.2) is 4.34 Å². The van der Waals surface area contributed by atoms with Crippen LogP contribution in [0.5, 0.6) is 5.75 Å². The van der Waals surface area contributed by atoms with Crippen molar-refractivity contribution in [2.75, 3.05) is 18.2 Å². The molecule has 2 aromatic rings. The minimum absolute atomic E-state index is 0.0813. The first-order valence-electron chi connectivity index (χ1n) is 9.77. The number of methoxy groups -OCH3 is 1. The molecule has 2 aliphatic rings. The average molecular weight is 419 g/mol. The predicted octanol–water partition coefficient (Wildman–Crippen LogP) is 4.32. The molecule has 6 nitrogen and oxygen atoms in total. The number of rotatable bonds is 8. The van der Waals surface area contributed by atoms with Gasteiger partial charge in [-0.3, -0.25) is 4.79 Å². The fraction of sp³-hybridized carbons (Fsp3) is 0.550. The summed E-state index contributed by atoms with van der Waals surface area (Å²) in [6, 6.07) is 7.92. The van der Waals surface area contributed by atoms with Crippen molar-refractivity contribution < 1.29 is 9.53 Å². The molecular formula is C20H26N4O2S2. The van der Waals surface area contributed by atoms with E-state index in [9.17, 15) is 4.79 Å². The molecule has 1 heterocycles. The second kappa shape index (κ2) is 8.69. The Hall–Kier alpha value is -1.80. The number of fused-ring (bicyclic) bond motifs is 2. The standard InChI is InChI=1S/C20H26N4O2S2/c1-12(17-9-13-6-7-14(17)8-13)21-18(25)11-27-20-24-23-19(28-20)22-15-4-3-5-16(10-15)26-2/h3-5,10,12-14,17H,6-9,11H2,1-2H3,(H,21,25)(H,22,23)/t12-,13+,14+,17-/m1/s1. The molecule has 1 aromatic carbocycles. The normalized spacial score (nSPS) is 24.1. The van der Waals surface area contributed by atoms with E-state index in [0.29, 0.717) is 16.8 Å². The molecular weight excluding hydrogens is 392 g/mol. The number of ether oxygens (including phenoxy) is 1.